The molecule has 0 atom stereocenters. The van der Waals surface area contributed by atoms with Crippen molar-refractivity contribution in [3.05, 3.63) is 69.0 Å². The van der Waals surface area contributed by atoms with Gasteiger partial charge in [-0.1, -0.05) is 12.1 Å². The van der Waals surface area contributed by atoms with Gasteiger partial charge in [0.05, 0.1) is 12.2 Å². The van der Waals surface area contributed by atoms with Gasteiger partial charge < -0.3 is 14.0 Å². The molecular formula is C20H20N2O2S. The standard InChI is InChI=1S/C20H20N2O2S/c1-13-6-14(2)8-17(7-13)21-20-22(15(3)11-25-20)10-16-4-5-18-19(9-16)24-12-23-18/h4-9,11H,10,12H2,1-3H3. The van der Waals surface area contributed by atoms with E-state index in [1.54, 1.807) is 11.3 Å². The maximum Gasteiger partial charge on any atom is 0.231 e. The second-order valence-corrected chi connectivity index (χ2v) is 7.23. The third-order valence-electron chi connectivity index (χ3n) is 4.20. The fraction of sp³-hybridized carbons (Fsp3) is 0.250. The van der Waals surface area contributed by atoms with Crippen molar-refractivity contribution in [1.29, 1.82) is 0 Å². The summed E-state index contributed by atoms with van der Waals surface area (Å²) in [7, 11) is 0. The first-order valence-electron chi connectivity index (χ1n) is 8.25. The van der Waals surface area contributed by atoms with Crippen LogP contribution < -0.4 is 14.3 Å². The molecule has 0 unspecified atom stereocenters. The average Bonchev–Trinajstić information content (AvgIpc) is 3.15. The molecule has 2 aromatic carbocycles. The van der Waals surface area contributed by atoms with Gasteiger partial charge in [0.2, 0.25) is 6.79 Å². The molecule has 0 aliphatic carbocycles. The SMILES string of the molecule is Cc1cc(C)cc(N=c2scc(C)n2Cc2ccc3c(c2)OCO3)c1. The minimum atomic E-state index is 0.302. The summed E-state index contributed by atoms with van der Waals surface area (Å²) in [5.41, 5.74) is 5.83. The van der Waals surface area contributed by atoms with Crippen LogP contribution in [0, 0.1) is 20.8 Å². The van der Waals surface area contributed by atoms with E-state index in [0.717, 1.165) is 28.5 Å². The van der Waals surface area contributed by atoms with Crippen LogP contribution in [0.25, 0.3) is 0 Å². The van der Waals surface area contributed by atoms with Crippen LogP contribution in [0.15, 0.2) is 46.8 Å². The van der Waals surface area contributed by atoms with Crippen LogP contribution in [0.2, 0.25) is 0 Å². The zero-order chi connectivity index (χ0) is 17.4. The number of benzene rings is 2. The largest absolute Gasteiger partial charge is 0.454 e. The third-order valence-corrected chi connectivity index (χ3v) is 5.18. The molecule has 3 aromatic rings. The first-order chi connectivity index (χ1) is 12.1. The van der Waals surface area contributed by atoms with Crippen molar-refractivity contribution in [2.24, 2.45) is 4.99 Å². The van der Waals surface area contributed by atoms with Crippen LogP contribution in [0.5, 0.6) is 11.5 Å². The molecule has 0 radical (unpaired) electrons. The molecule has 0 fully saturated rings. The van der Waals surface area contributed by atoms with Crippen molar-refractivity contribution in [2.75, 3.05) is 6.79 Å². The summed E-state index contributed by atoms with van der Waals surface area (Å²) in [4.78, 5) is 5.88. The molecule has 0 saturated heterocycles. The molecule has 1 aliphatic heterocycles. The van der Waals surface area contributed by atoms with Gasteiger partial charge in [-0.25, -0.2) is 4.99 Å². The lowest BCUT2D eigenvalue weighted by molar-refractivity contribution is 0.174. The number of thiazole rings is 1. The minimum absolute atomic E-state index is 0.302. The van der Waals surface area contributed by atoms with E-state index < -0.39 is 0 Å². The smallest absolute Gasteiger partial charge is 0.231 e. The van der Waals surface area contributed by atoms with E-state index >= 15 is 0 Å². The lowest BCUT2D eigenvalue weighted by atomic mass is 10.1. The van der Waals surface area contributed by atoms with Crippen LogP contribution in [0.4, 0.5) is 5.69 Å². The Labute approximate surface area is 151 Å². The van der Waals surface area contributed by atoms with Gasteiger partial charge in [-0.3, -0.25) is 0 Å². The minimum Gasteiger partial charge on any atom is -0.454 e. The average molecular weight is 352 g/mol. The van der Waals surface area contributed by atoms with Crippen molar-refractivity contribution in [3.63, 3.8) is 0 Å². The number of ether oxygens (including phenoxy) is 2. The van der Waals surface area contributed by atoms with E-state index in [-0.39, 0.29) is 0 Å². The number of hydrogen-bond donors (Lipinski definition) is 0. The van der Waals surface area contributed by atoms with Crippen molar-refractivity contribution < 1.29 is 9.47 Å². The quantitative estimate of drug-likeness (QED) is 0.696. The molecule has 4 rings (SSSR count). The fourth-order valence-electron chi connectivity index (χ4n) is 3.04. The van der Waals surface area contributed by atoms with Gasteiger partial charge in [0.15, 0.2) is 16.3 Å². The summed E-state index contributed by atoms with van der Waals surface area (Å²) in [6, 6.07) is 12.5. The van der Waals surface area contributed by atoms with Gasteiger partial charge in [0, 0.05) is 11.1 Å². The molecule has 128 valence electrons. The Morgan fingerprint density at radius 1 is 1.00 bits per heavy atom. The highest BCUT2D eigenvalue weighted by Crippen LogP contribution is 2.32. The number of hydrogen-bond acceptors (Lipinski definition) is 4. The molecule has 0 saturated carbocycles. The summed E-state index contributed by atoms with van der Waals surface area (Å²) in [5.74, 6) is 1.63. The van der Waals surface area contributed by atoms with Crippen LogP contribution in [-0.4, -0.2) is 11.4 Å². The number of fused-ring (bicyclic) bond motifs is 1. The monoisotopic (exact) mass is 352 g/mol. The fourth-order valence-corrected chi connectivity index (χ4v) is 3.94. The topological polar surface area (TPSA) is 35.8 Å². The lowest BCUT2D eigenvalue weighted by Crippen LogP contribution is -2.16. The predicted octanol–water partition coefficient (Wildman–Crippen LogP) is 4.48. The van der Waals surface area contributed by atoms with Crippen LogP contribution in [-0.2, 0) is 6.54 Å². The molecule has 4 nitrogen and oxygen atoms in total. The highest BCUT2D eigenvalue weighted by atomic mass is 32.1. The van der Waals surface area contributed by atoms with Gasteiger partial charge in [0.25, 0.3) is 0 Å². The Hall–Kier alpha value is -2.53. The predicted molar refractivity (Wildman–Crippen MR) is 99.9 cm³/mol. The Morgan fingerprint density at radius 3 is 2.56 bits per heavy atom. The highest BCUT2D eigenvalue weighted by molar-refractivity contribution is 7.07. The van der Waals surface area contributed by atoms with Crippen molar-refractivity contribution in [2.45, 2.75) is 27.3 Å². The summed E-state index contributed by atoms with van der Waals surface area (Å²) in [6.45, 7) is 7.38. The first-order valence-corrected chi connectivity index (χ1v) is 9.13. The van der Waals surface area contributed by atoms with Gasteiger partial charge >= 0.3 is 0 Å². The first kappa shape index (κ1) is 16.0. The van der Waals surface area contributed by atoms with Crippen molar-refractivity contribution >= 4 is 17.0 Å². The zero-order valence-electron chi connectivity index (χ0n) is 14.6. The Kier molecular flexibility index (Phi) is 4.09. The maximum atomic E-state index is 5.49. The molecular weight excluding hydrogens is 332 g/mol. The number of nitrogens with zero attached hydrogens (tertiary/aromatic N) is 2. The summed E-state index contributed by atoms with van der Waals surface area (Å²) in [6.07, 6.45) is 0. The van der Waals surface area contributed by atoms with Gasteiger partial charge in [-0.2, -0.15) is 0 Å². The van der Waals surface area contributed by atoms with Crippen LogP contribution in [0.1, 0.15) is 22.4 Å². The van der Waals surface area contributed by atoms with E-state index in [1.807, 2.05) is 12.1 Å². The second kappa shape index (κ2) is 6.41. The van der Waals surface area contributed by atoms with Crippen LogP contribution >= 0.6 is 11.3 Å². The maximum absolute atomic E-state index is 5.49. The van der Waals surface area contributed by atoms with Gasteiger partial charge in [-0.15, -0.1) is 11.3 Å². The summed E-state index contributed by atoms with van der Waals surface area (Å²) >= 11 is 1.67. The van der Waals surface area contributed by atoms with E-state index in [4.69, 9.17) is 14.5 Å². The summed E-state index contributed by atoms with van der Waals surface area (Å²) in [5, 5.41) is 2.15. The Morgan fingerprint density at radius 2 is 1.76 bits per heavy atom. The Balaban J connectivity index is 1.71. The zero-order valence-corrected chi connectivity index (χ0v) is 15.4. The molecule has 1 aliphatic rings. The highest BCUT2D eigenvalue weighted by Gasteiger charge is 2.14. The molecule has 0 N–H and O–H groups in total. The number of aryl methyl sites for hydroxylation is 3. The molecule has 0 amide bonds. The summed E-state index contributed by atoms with van der Waals surface area (Å²) < 4.78 is 13.1. The molecule has 1 aromatic heterocycles. The molecule has 5 heteroatoms. The van der Waals surface area contributed by atoms with E-state index in [9.17, 15) is 0 Å². The van der Waals surface area contributed by atoms with E-state index in [1.165, 1.54) is 22.4 Å². The lowest BCUT2D eigenvalue weighted by Gasteiger charge is -2.07. The van der Waals surface area contributed by atoms with E-state index in [2.05, 4.69) is 55.0 Å². The van der Waals surface area contributed by atoms with Gasteiger partial charge in [-0.05, 0) is 61.7 Å². The number of aromatic nitrogens is 1. The Bertz CT molecular complexity index is 981. The molecule has 25 heavy (non-hydrogen) atoms. The molecule has 0 spiro atoms. The second-order valence-electron chi connectivity index (χ2n) is 6.39. The van der Waals surface area contributed by atoms with Crippen molar-refractivity contribution in [3.8, 4) is 11.5 Å². The number of rotatable bonds is 3. The third kappa shape index (κ3) is 3.33. The van der Waals surface area contributed by atoms with E-state index in [0.29, 0.717) is 6.79 Å². The molecule has 0 bridgehead atoms. The van der Waals surface area contributed by atoms with Gasteiger partial charge in [0.1, 0.15) is 0 Å². The van der Waals surface area contributed by atoms with Crippen molar-refractivity contribution in [1.82, 2.24) is 4.57 Å². The molecule has 2 heterocycles. The normalized spacial score (nSPS) is 13.5. The van der Waals surface area contributed by atoms with Crippen LogP contribution in [0.3, 0.4) is 0 Å².